The number of methoxy groups -OCH3 is 1. The Morgan fingerprint density at radius 2 is 1.96 bits per heavy atom. The number of halogens is 1. The summed E-state index contributed by atoms with van der Waals surface area (Å²) in [6.07, 6.45) is 0.520. The normalized spacial score (nSPS) is 11.7. The third-order valence-corrected chi connectivity index (χ3v) is 3.80. The number of carbonyl (C=O) groups is 1. The molecule has 0 saturated carbocycles. The van der Waals surface area contributed by atoms with Gasteiger partial charge in [0.05, 0.1) is 12.1 Å². The van der Waals surface area contributed by atoms with E-state index in [0.29, 0.717) is 25.4 Å². The van der Waals surface area contributed by atoms with Crippen molar-refractivity contribution >= 4 is 41.5 Å². The molecule has 0 aromatic heterocycles. The molecule has 1 rings (SSSR count). The van der Waals surface area contributed by atoms with Crippen LogP contribution in [-0.2, 0) is 16.1 Å². The second-order valence-corrected chi connectivity index (χ2v) is 7.36. The van der Waals surface area contributed by atoms with Gasteiger partial charge < -0.3 is 20.7 Å². The quantitative estimate of drug-likeness (QED) is 0.280. The molecule has 1 amide bonds. The van der Waals surface area contributed by atoms with Crippen molar-refractivity contribution in [2.75, 3.05) is 25.5 Å². The van der Waals surface area contributed by atoms with Crippen LogP contribution in [0.1, 0.15) is 46.6 Å². The second kappa shape index (κ2) is 12.9. The van der Waals surface area contributed by atoms with Crippen LogP contribution in [0.15, 0.2) is 29.3 Å². The molecule has 0 aliphatic heterocycles. The summed E-state index contributed by atoms with van der Waals surface area (Å²) in [6.45, 7) is 12.1. The lowest BCUT2D eigenvalue weighted by molar-refractivity contribution is -0.116. The topological polar surface area (TPSA) is 74.8 Å². The summed E-state index contributed by atoms with van der Waals surface area (Å²) < 4.78 is 5.42. The van der Waals surface area contributed by atoms with Gasteiger partial charge in [-0.25, -0.2) is 4.99 Å². The van der Waals surface area contributed by atoms with Gasteiger partial charge in [0.15, 0.2) is 5.96 Å². The number of rotatable bonds is 9. The fourth-order valence-corrected chi connectivity index (χ4v) is 2.21. The first-order valence-electron chi connectivity index (χ1n) is 9.22. The van der Waals surface area contributed by atoms with Crippen LogP contribution in [0.3, 0.4) is 0 Å². The van der Waals surface area contributed by atoms with Crippen LogP contribution in [0.5, 0.6) is 0 Å². The van der Waals surface area contributed by atoms with E-state index in [2.05, 4.69) is 20.9 Å². The number of hydrogen-bond acceptors (Lipinski definition) is 3. The molecule has 6 nitrogen and oxygen atoms in total. The Labute approximate surface area is 181 Å². The van der Waals surface area contributed by atoms with E-state index < -0.39 is 0 Å². The first-order valence-corrected chi connectivity index (χ1v) is 9.22. The summed E-state index contributed by atoms with van der Waals surface area (Å²) in [5.41, 5.74) is 1.58. The Balaban J connectivity index is 0.00000676. The summed E-state index contributed by atoms with van der Waals surface area (Å²) >= 11 is 0. The predicted molar refractivity (Wildman–Crippen MR) is 124 cm³/mol. The van der Waals surface area contributed by atoms with Crippen molar-refractivity contribution in [3.63, 3.8) is 0 Å². The Kier molecular flexibility index (Phi) is 12.3. The Hall–Kier alpha value is -1.35. The molecule has 7 heteroatoms. The molecule has 0 saturated heterocycles. The number of anilines is 1. The van der Waals surface area contributed by atoms with Gasteiger partial charge in [0.1, 0.15) is 0 Å². The van der Waals surface area contributed by atoms with Gasteiger partial charge in [-0.05, 0) is 44.4 Å². The minimum absolute atomic E-state index is 0. The lowest BCUT2D eigenvalue weighted by Crippen LogP contribution is -2.45. The van der Waals surface area contributed by atoms with Crippen molar-refractivity contribution in [3.05, 3.63) is 29.8 Å². The van der Waals surface area contributed by atoms with E-state index in [9.17, 15) is 4.79 Å². The van der Waals surface area contributed by atoms with Gasteiger partial charge in [-0.3, -0.25) is 4.79 Å². The maximum Gasteiger partial charge on any atom is 0.224 e. The van der Waals surface area contributed by atoms with Crippen LogP contribution in [0, 0.1) is 5.92 Å². The molecule has 0 fully saturated rings. The van der Waals surface area contributed by atoms with E-state index in [1.165, 1.54) is 0 Å². The van der Waals surface area contributed by atoms with Crippen molar-refractivity contribution in [3.8, 4) is 0 Å². The van der Waals surface area contributed by atoms with Crippen molar-refractivity contribution in [1.82, 2.24) is 10.6 Å². The molecule has 27 heavy (non-hydrogen) atoms. The predicted octanol–water partition coefficient (Wildman–Crippen LogP) is 3.77. The fourth-order valence-electron chi connectivity index (χ4n) is 2.21. The van der Waals surface area contributed by atoms with Gasteiger partial charge in [-0.2, -0.15) is 0 Å². The number of ether oxygens (including phenoxy) is 1. The number of aliphatic imine (C=N–C) groups is 1. The average Bonchev–Trinajstić information content (AvgIpc) is 2.57. The first kappa shape index (κ1) is 25.6. The Morgan fingerprint density at radius 3 is 2.56 bits per heavy atom. The summed E-state index contributed by atoms with van der Waals surface area (Å²) in [5, 5.41) is 9.47. The molecule has 0 heterocycles. The molecular weight excluding hydrogens is 455 g/mol. The molecule has 1 aromatic rings. The number of nitrogens with one attached hydrogen (secondary N) is 3. The lowest BCUT2D eigenvalue weighted by Gasteiger charge is -2.24. The maximum atomic E-state index is 11.9. The van der Waals surface area contributed by atoms with Crippen LogP contribution in [0.4, 0.5) is 5.69 Å². The molecule has 0 unspecified atom stereocenters. The fraction of sp³-hybridized carbons (Fsp3) is 0.600. The van der Waals surface area contributed by atoms with Crippen molar-refractivity contribution in [2.24, 2.45) is 10.9 Å². The zero-order valence-corrected chi connectivity index (χ0v) is 19.7. The molecule has 3 N–H and O–H groups in total. The summed E-state index contributed by atoms with van der Waals surface area (Å²) in [7, 11) is 1.70. The first-order chi connectivity index (χ1) is 12.3. The largest absolute Gasteiger partial charge is 0.377 e. The van der Waals surface area contributed by atoms with Gasteiger partial charge in [-0.1, -0.05) is 26.0 Å². The SMILES string of the molecule is CCNC(=NCc1cccc(NC(=O)CC(C)C)c1)NCC(C)(C)OC.I. The summed E-state index contributed by atoms with van der Waals surface area (Å²) in [5.74, 6) is 1.12. The van der Waals surface area contributed by atoms with Gasteiger partial charge in [0, 0.05) is 32.3 Å². The van der Waals surface area contributed by atoms with Gasteiger partial charge in [0.2, 0.25) is 5.91 Å². The maximum absolute atomic E-state index is 11.9. The molecule has 0 atom stereocenters. The number of guanidine groups is 1. The van der Waals surface area contributed by atoms with Crippen molar-refractivity contribution in [2.45, 2.75) is 53.2 Å². The van der Waals surface area contributed by atoms with E-state index in [1.807, 2.05) is 58.9 Å². The van der Waals surface area contributed by atoms with E-state index in [1.54, 1.807) is 7.11 Å². The van der Waals surface area contributed by atoms with Gasteiger partial charge in [-0.15, -0.1) is 24.0 Å². The number of hydrogen-bond donors (Lipinski definition) is 3. The third-order valence-electron chi connectivity index (χ3n) is 3.80. The monoisotopic (exact) mass is 490 g/mol. The number of amides is 1. The molecule has 0 bridgehead atoms. The van der Waals surface area contributed by atoms with Crippen LogP contribution < -0.4 is 16.0 Å². The van der Waals surface area contributed by atoms with Gasteiger partial charge >= 0.3 is 0 Å². The molecule has 0 aliphatic carbocycles. The molecule has 0 spiro atoms. The third kappa shape index (κ3) is 11.2. The highest BCUT2D eigenvalue weighted by Gasteiger charge is 2.16. The second-order valence-electron chi connectivity index (χ2n) is 7.36. The molecule has 0 radical (unpaired) electrons. The van der Waals surface area contributed by atoms with Crippen molar-refractivity contribution in [1.29, 1.82) is 0 Å². The number of nitrogens with zero attached hydrogens (tertiary/aromatic N) is 1. The van der Waals surface area contributed by atoms with Crippen LogP contribution in [0.2, 0.25) is 0 Å². The zero-order chi connectivity index (χ0) is 19.6. The van der Waals surface area contributed by atoms with Crippen LogP contribution in [0.25, 0.3) is 0 Å². The highest BCUT2D eigenvalue weighted by atomic mass is 127. The zero-order valence-electron chi connectivity index (χ0n) is 17.4. The molecular formula is C20H35IN4O2. The average molecular weight is 490 g/mol. The van der Waals surface area contributed by atoms with E-state index in [4.69, 9.17) is 4.74 Å². The minimum atomic E-state index is -0.267. The minimum Gasteiger partial charge on any atom is -0.377 e. The van der Waals surface area contributed by atoms with E-state index in [0.717, 1.165) is 23.8 Å². The highest BCUT2D eigenvalue weighted by molar-refractivity contribution is 14.0. The summed E-state index contributed by atoms with van der Waals surface area (Å²) in [4.78, 5) is 16.5. The van der Waals surface area contributed by atoms with Crippen molar-refractivity contribution < 1.29 is 9.53 Å². The standard InChI is InChI=1S/C20H34N4O2.HI/c1-7-21-19(23-14-20(4,5)26-6)22-13-16-9-8-10-17(12-16)24-18(25)11-15(2)3;/h8-10,12,15H,7,11,13-14H2,1-6H3,(H,24,25)(H2,21,22,23);1H. The van der Waals surface area contributed by atoms with Crippen LogP contribution >= 0.6 is 24.0 Å². The van der Waals surface area contributed by atoms with E-state index in [-0.39, 0.29) is 35.5 Å². The summed E-state index contributed by atoms with van der Waals surface area (Å²) in [6, 6.07) is 7.80. The lowest BCUT2D eigenvalue weighted by atomic mass is 10.1. The van der Waals surface area contributed by atoms with Gasteiger partial charge in [0.25, 0.3) is 0 Å². The van der Waals surface area contributed by atoms with E-state index >= 15 is 0 Å². The molecule has 1 aromatic carbocycles. The molecule has 0 aliphatic rings. The Bertz CT molecular complexity index is 603. The van der Waals surface area contributed by atoms with Crippen LogP contribution in [-0.4, -0.2) is 37.7 Å². The number of carbonyl (C=O) groups excluding carboxylic acids is 1. The number of benzene rings is 1. The smallest absolute Gasteiger partial charge is 0.224 e. The Morgan fingerprint density at radius 1 is 1.26 bits per heavy atom. The highest BCUT2D eigenvalue weighted by Crippen LogP contribution is 2.13. The molecule has 154 valence electrons.